The Hall–Kier alpha value is 0.360. The number of aliphatic carboxylic acids is 1. The molecule has 7 heteroatoms. The van der Waals surface area contributed by atoms with Crippen LogP contribution in [0.4, 0.5) is 0 Å². The molecule has 1 rings (SSSR count). The van der Waals surface area contributed by atoms with Crippen molar-refractivity contribution in [3.8, 4) is 5.75 Å². The van der Waals surface area contributed by atoms with E-state index in [9.17, 15) is 9.90 Å². The van der Waals surface area contributed by atoms with Crippen molar-refractivity contribution in [3.63, 3.8) is 0 Å². The van der Waals surface area contributed by atoms with E-state index in [1.165, 1.54) is 12.1 Å². The fraction of sp³-hybridized carbons (Fsp3) is 0.300. The van der Waals surface area contributed by atoms with Gasteiger partial charge in [-0.25, -0.2) is 0 Å². The molecule has 17 heavy (non-hydrogen) atoms. The normalized spacial score (nSPS) is 8.71. The van der Waals surface area contributed by atoms with Crippen LogP contribution in [0.5, 0.6) is 5.75 Å². The maximum atomic E-state index is 10.7. The molecule has 0 unspecified atom stereocenters. The van der Waals surface area contributed by atoms with Crippen LogP contribution in [0.15, 0.2) is 12.1 Å². The number of hydrogen-bond acceptors (Lipinski definition) is 2. The largest absolute Gasteiger partial charge is 1.00 e. The monoisotopic (exact) mass is 306 g/mol. The fourth-order valence-electron chi connectivity index (χ4n) is 0.718. The summed E-state index contributed by atoms with van der Waals surface area (Å²) in [6.45, 7) is 1.84. The molecule has 0 spiro atoms. The van der Waals surface area contributed by atoms with Gasteiger partial charge in [0.15, 0.2) is 0 Å². The summed E-state index contributed by atoms with van der Waals surface area (Å²) < 4.78 is 0. The standard InChI is InChI=1S/C6H3Cl3O.C4H8O2.Na/c7-3-1-5(9)6(10)2-4(3)8;1-2-3-4(5)6;/h1-2,10H;2-3H2,1H3,(H,5,6);/q;;+1/p-1. The summed E-state index contributed by atoms with van der Waals surface area (Å²) in [5.74, 6) is -1.02. The van der Waals surface area contributed by atoms with Gasteiger partial charge in [0.2, 0.25) is 0 Å². The number of carboxylic acids is 1. The Morgan fingerprint density at radius 2 is 1.71 bits per heavy atom. The zero-order valence-corrected chi connectivity index (χ0v) is 13.7. The van der Waals surface area contributed by atoms with E-state index in [-0.39, 0.29) is 45.4 Å². The Kier molecular flexibility index (Phi) is 11.9. The van der Waals surface area contributed by atoms with Gasteiger partial charge >= 0.3 is 35.5 Å². The first-order valence-corrected chi connectivity index (χ1v) is 5.55. The van der Waals surface area contributed by atoms with Crippen molar-refractivity contribution in [3.05, 3.63) is 27.2 Å². The van der Waals surface area contributed by atoms with Crippen molar-refractivity contribution in [2.24, 2.45) is 0 Å². The van der Waals surface area contributed by atoms with E-state index in [0.717, 1.165) is 6.42 Å². The number of carboxylic acid groups (broad SMARTS) is 1. The average Bonchev–Trinajstić information content (AvgIpc) is 2.15. The molecule has 0 saturated carbocycles. The molecule has 1 aromatic carbocycles. The summed E-state index contributed by atoms with van der Waals surface area (Å²) in [5.41, 5.74) is 0. The molecule has 0 heterocycles. The summed E-state index contributed by atoms with van der Waals surface area (Å²) in [5, 5.41) is 19.3. The minimum absolute atomic E-state index is 0. The van der Waals surface area contributed by atoms with Crippen LogP contribution in [0.1, 0.15) is 19.8 Å². The van der Waals surface area contributed by atoms with Gasteiger partial charge < -0.3 is 10.2 Å². The van der Waals surface area contributed by atoms with E-state index in [4.69, 9.17) is 39.9 Å². The predicted molar refractivity (Wildman–Crippen MR) is 63.5 cm³/mol. The maximum Gasteiger partial charge on any atom is 1.00 e. The summed E-state index contributed by atoms with van der Waals surface area (Å²) in [7, 11) is 0. The van der Waals surface area contributed by atoms with E-state index in [1.54, 1.807) is 0 Å². The second kappa shape index (κ2) is 10.3. The summed E-state index contributed by atoms with van der Waals surface area (Å²) in [4.78, 5) is 9.60. The van der Waals surface area contributed by atoms with E-state index in [2.05, 4.69) is 0 Å². The average molecular weight is 308 g/mol. The van der Waals surface area contributed by atoms with E-state index in [0.29, 0.717) is 11.4 Å². The van der Waals surface area contributed by atoms with Crippen LogP contribution in [0.2, 0.25) is 15.1 Å². The number of benzene rings is 1. The third-order valence-corrected chi connectivity index (χ3v) is 2.46. The Morgan fingerprint density at radius 1 is 1.24 bits per heavy atom. The molecule has 0 bridgehead atoms. The molecule has 3 nitrogen and oxygen atoms in total. The quantitative estimate of drug-likeness (QED) is 0.643. The Morgan fingerprint density at radius 3 is 2.00 bits per heavy atom. The molecule has 0 fully saturated rings. The summed E-state index contributed by atoms with van der Waals surface area (Å²) in [6.07, 6.45) is 1.02. The molecule has 0 aliphatic rings. The van der Waals surface area contributed by atoms with E-state index >= 15 is 0 Å². The van der Waals surface area contributed by atoms with Crippen molar-refractivity contribution in [1.82, 2.24) is 0 Å². The number of carbonyl (C=O) groups is 1. The molecular weight excluding hydrogens is 297 g/mol. The van der Waals surface area contributed by atoms with Crippen molar-refractivity contribution in [2.75, 3.05) is 0 Å². The molecular formula is C10H10Cl3NaO3. The number of hydrogen-bond donors (Lipinski definition) is 1. The molecule has 0 atom stereocenters. The molecule has 0 aliphatic heterocycles. The van der Waals surface area contributed by atoms with Gasteiger partial charge in [0, 0.05) is 11.4 Å². The van der Waals surface area contributed by atoms with Crippen molar-refractivity contribution in [1.29, 1.82) is 0 Å². The third-order valence-electron chi connectivity index (χ3n) is 1.44. The van der Waals surface area contributed by atoms with Crippen LogP contribution in [-0.4, -0.2) is 11.1 Å². The van der Waals surface area contributed by atoms with Gasteiger partial charge in [0.05, 0.1) is 10.0 Å². The third kappa shape index (κ3) is 9.00. The van der Waals surface area contributed by atoms with Gasteiger partial charge in [-0.1, -0.05) is 47.5 Å². The second-order valence-electron chi connectivity index (χ2n) is 2.84. The zero-order chi connectivity index (χ0) is 12.7. The summed E-state index contributed by atoms with van der Waals surface area (Å²) in [6, 6.07) is 2.51. The van der Waals surface area contributed by atoms with Crippen LogP contribution in [0, 0.1) is 0 Å². The minimum Gasteiger partial charge on any atom is -0.871 e. The predicted octanol–water partition coefficient (Wildman–Crippen LogP) is 0.596. The summed E-state index contributed by atoms with van der Waals surface area (Å²) >= 11 is 16.5. The molecule has 0 radical (unpaired) electrons. The second-order valence-corrected chi connectivity index (χ2v) is 4.06. The van der Waals surface area contributed by atoms with Crippen molar-refractivity contribution < 1.29 is 44.6 Å². The smallest absolute Gasteiger partial charge is 0.871 e. The first-order chi connectivity index (χ1) is 7.38. The van der Waals surface area contributed by atoms with Crippen LogP contribution in [0.3, 0.4) is 0 Å². The van der Waals surface area contributed by atoms with Gasteiger partial charge in [-0.3, -0.25) is 4.79 Å². The minimum atomic E-state index is -0.711. The van der Waals surface area contributed by atoms with Crippen LogP contribution in [0.25, 0.3) is 0 Å². The van der Waals surface area contributed by atoms with Gasteiger partial charge in [-0.05, 0) is 18.6 Å². The number of halogens is 3. The molecule has 0 saturated heterocycles. The topological polar surface area (TPSA) is 60.4 Å². The zero-order valence-electron chi connectivity index (χ0n) is 9.47. The Labute approximate surface area is 137 Å². The van der Waals surface area contributed by atoms with E-state index < -0.39 is 5.97 Å². The van der Waals surface area contributed by atoms with Crippen molar-refractivity contribution >= 4 is 40.8 Å². The van der Waals surface area contributed by atoms with Crippen molar-refractivity contribution in [2.45, 2.75) is 19.8 Å². The fourth-order valence-corrected chi connectivity index (χ4v) is 1.26. The van der Waals surface area contributed by atoms with E-state index in [1.807, 2.05) is 6.92 Å². The van der Waals surface area contributed by atoms with Crippen LogP contribution < -0.4 is 34.7 Å². The molecule has 0 amide bonds. The van der Waals surface area contributed by atoms with Crippen LogP contribution >= 0.6 is 34.8 Å². The molecule has 1 aromatic rings. The van der Waals surface area contributed by atoms with Gasteiger partial charge in [0.1, 0.15) is 0 Å². The first-order valence-electron chi connectivity index (χ1n) is 4.41. The van der Waals surface area contributed by atoms with Gasteiger partial charge in [-0.2, -0.15) is 0 Å². The number of rotatable bonds is 2. The molecule has 1 N–H and O–H groups in total. The molecule has 0 aliphatic carbocycles. The first kappa shape index (κ1) is 19.7. The Bertz CT molecular complexity index is 322. The SMILES string of the molecule is CCCC(=O)O.[Na+].[O-]c1cc(Cl)c(Cl)cc1Cl. The Balaban J connectivity index is 0. The molecule has 0 aromatic heterocycles. The maximum absolute atomic E-state index is 10.7. The van der Waals surface area contributed by atoms with Gasteiger partial charge in [-0.15, -0.1) is 0 Å². The van der Waals surface area contributed by atoms with Gasteiger partial charge in [0.25, 0.3) is 0 Å². The molecule has 90 valence electrons. The van der Waals surface area contributed by atoms with Crippen LogP contribution in [-0.2, 0) is 4.79 Å².